The van der Waals surface area contributed by atoms with Gasteiger partial charge in [0.25, 0.3) is 5.91 Å². The smallest absolute Gasteiger partial charge is 0.324 e. The van der Waals surface area contributed by atoms with Crippen LogP contribution in [0.3, 0.4) is 0 Å². The zero-order valence-corrected chi connectivity index (χ0v) is 60.8. The first-order chi connectivity index (χ1) is 43.0. The van der Waals surface area contributed by atoms with E-state index in [0.29, 0.717) is 78.5 Å². The average molecular weight is 1250 g/mol. The molecule has 0 bridgehead atoms. The van der Waals surface area contributed by atoms with Gasteiger partial charge in [-0.05, 0) is 84.7 Å². The van der Waals surface area contributed by atoms with E-state index in [0.717, 1.165) is 50.6 Å². The number of carbonyl (C=O) groups excluding carboxylic acids is 1. The molecule has 0 aliphatic heterocycles. The second kappa shape index (κ2) is 56.8. The molecule has 88 heavy (non-hydrogen) atoms. The van der Waals surface area contributed by atoms with Crippen LogP contribution in [0.5, 0.6) is 17.8 Å². The number of aromatic nitrogens is 3. The molecule has 0 aliphatic rings. The molecule has 2 N–H and O–H groups in total. The number of anilines is 1. The molecule has 0 fully saturated rings. The fourth-order valence-corrected chi connectivity index (χ4v) is 18.9. The van der Waals surface area contributed by atoms with E-state index >= 15 is 0 Å². The molecule has 1 aromatic carbocycles. The normalized spacial score (nSPS) is 12.6. The van der Waals surface area contributed by atoms with Gasteiger partial charge in [-0.25, -0.2) is 0 Å². The van der Waals surface area contributed by atoms with Crippen molar-refractivity contribution in [2.75, 3.05) is 38.2 Å². The highest BCUT2D eigenvalue weighted by atomic mass is 28.4. The first-order valence-corrected chi connectivity index (χ1v) is 40.5. The van der Waals surface area contributed by atoms with E-state index in [-0.39, 0.29) is 12.5 Å². The predicted octanol–water partition coefficient (Wildman–Crippen LogP) is 24.2. The first-order valence-electron chi connectivity index (χ1n) is 38.4. The lowest BCUT2D eigenvalue weighted by Crippen LogP contribution is -2.47. The van der Waals surface area contributed by atoms with E-state index in [1.54, 1.807) is 0 Å². The Balaban J connectivity index is 2.01. The molecule has 0 aliphatic carbocycles. The van der Waals surface area contributed by atoms with Crippen LogP contribution in [0, 0.1) is 11.8 Å². The minimum absolute atomic E-state index is 0.0218. The van der Waals surface area contributed by atoms with Gasteiger partial charge < -0.3 is 29.3 Å². The number of ether oxygens (including phenoxy) is 3. The quantitative estimate of drug-likeness (QED) is 0.0493. The molecule has 512 valence electrons. The highest BCUT2D eigenvalue weighted by molar-refractivity contribution is 6.77. The van der Waals surface area contributed by atoms with Gasteiger partial charge in [0.05, 0.1) is 19.8 Å². The van der Waals surface area contributed by atoms with Crippen LogP contribution < -0.4 is 24.8 Å². The summed E-state index contributed by atoms with van der Waals surface area (Å²) in [7, 11) is -1.94. The van der Waals surface area contributed by atoms with E-state index in [1.165, 1.54) is 257 Å². The number of amides is 1. The van der Waals surface area contributed by atoms with Crippen LogP contribution in [0.4, 0.5) is 5.95 Å². The molecule has 1 amide bonds. The Hall–Kier alpha value is -2.92. The van der Waals surface area contributed by atoms with Gasteiger partial charge in [0.1, 0.15) is 5.75 Å². The van der Waals surface area contributed by atoms with Crippen LogP contribution in [-0.2, 0) is 15.8 Å². The van der Waals surface area contributed by atoms with E-state index in [1.807, 2.05) is 12.1 Å². The van der Waals surface area contributed by atoms with Gasteiger partial charge in [0.2, 0.25) is 14.3 Å². The molecule has 0 saturated carbocycles. The van der Waals surface area contributed by atoms with Gasteiger partial charge in [0.15, 0.2) is 6.61 Å². The Kier molecular flexibility index (Phi) is 52.4. The summed E-state index contributed by atoms with van der Waals surface area (Å²) in [4.78, 5) is 27.4. The van der Waals surface area contributed by atoms with Gasteiger partial charge >= 0.3 is 12.0 Å². The lowest BCUT2D eigenvalue weighted by Gasteiger charge is -2.42. The summed E-state index contributed by atoms with van der Waals surface area (Å²) in [5, 5.41) is 6.62. The Morgan fingerprint density at radius 3 is 1.06 bits per heavy atom. The monoisotopic (exact) mass is 1250 g/mol. The first kappa shape index (κ1) is 81.2. The van der Waals surface area contributed by atoms with Crippen LogP contribution in [0.2, 0.25) is 16.6 Å². The summed E-state index contributed by atoms with van der Waals surface area (Å²) in [5.41, 5.74) is 2.78. The molecule has 11 heteroatoms. The Morgan fingerprint density at radius 2 is 0.716 bits per heavy atom. The summed E-state index contributed by atoms with van der Waals surface area (Å²) < 4.78 is 25.9. The van der Waals surface area contributed by atoms with Crippen LogP contribution >= 0.6 is 0 Å². The number of hydrogen-bond donors (Lipinski definition) is 2. The molecule has 2 aromatic rings. The van der Waals surface area contributed by atoms with Crippen molar-refractivity contribution in [3.63, 3.8) is 0 Å². The number of unbranched alkanes of at least 4 members (excludes halogenated alkanes) is 37. The lowest BCUT2D eigenvalue weighted by atomic mass is 9.94. The molecular formula is C77H145N5O5Si. The second-order valence-electron chi connectivity index (χ2n) is 28.0. The molecule has 0 spiro atoms. The fourth-order valence-electron chi connectivity index (χ4n) is 13.5. The maximum Gasteiger partial charge on any atom is 0.324 e. The van der Waals surface area contributed by atoms with Crippen LogP contribution in [-0.4, -0.2) is 62.1 Å². The molecule has 0 radical (unpaired) electrons. The minimum Gasteiger partial charge on any atom is -0.484 e. The second-order valence-corrected chi connectivity index (χ2v) is 33.4. The summed E-state index contributed by atoms with van der Waals surface area (Å²) in [6.07, 6.45) is 60.0. The predicted molar refractivity (Wildman–Crippen MR) is 382 cm³/mol. The number of carbonyl (C=O) groups is 1. The maximum absolute atomic E-state index is 12.7. The fraction of sp³-hybridized carbons (Fsp3) is 0.870. The van der Waals surface area contributed by atoms with Gasteiger partial charge in [-0.1, -0.05) is 338 Å². The molecular weight excluding hydrogens is 1100 g/mol. The number of hydrogen-bond acceptors (Lipinski definition) is 9. The van der Waals surface area contributed by atoms with Crippen LogP contribution in [0.1, 0.15) is 370 Å². The molecule has 2 rings (SSSR count). The van der Waals surface area contributed by atoms with Gasteiger partial charge in [0, 0.05) is 13.1 Å². The van der Waals surface area contributed by atoms with Crippen molar-refractivity contribution in [1.82, 2.24) is 20.3 Å². The van der Waals surface area contributed by atoms with Crippen molar-refractivity contribution in [3.05, 3.63) is 29.8 Å². The van der Waals surface area contributed by atoms with Crippen molar-refractivity contribution >= 4 is 20.2 Å². The van der Waals surface area contributed by atoms with Crippen molar-refractivity contribution in [2.24, 2.45) is 11.8 Å². The highest BCUT2D eigenvalue weighted by Gasteiger charge is 2.45. The van der Waals surface area contributed by atoms with Gasteiger partial charge in [-0.3, -0.25) is 4.79 Å². The van der Waals surface area contributed by atoms with E-state index in [2.05, 4.69) is 92.0 Å². The number of nitrogens with zero attached hydrogens (tertiary/aromatic N) is 3. The van der Waals surface area contributed by atoms with Crippen molar-refractivity contribution in [3.8, 4) is 17.8 Å². The third-order valence-corrected chi connectivity index (χ3v) is 25.1. The highest BCUT2D eigenvalue weighted by Crippen LogP contribution is 2.43. The summed E-state index contributed by atoms with van der Waals surface area (Å²) in [6, 6.07) is 8.85. The van der Waals surface area contributed by atoms with Crippen molar-refractivity contribution in [2.45, 2.75) is 388 Å². The lowest BCUT2D eigenvalue weighted by molar-refractivity contribution is -0.123. The zero-order valence-electron chi connectivity index (χ0n) is 59.8. The van der Waals surface area contributed by atoms with E-state index in [9.17, 15) is 4.79 Å². The maximum atomic E-state index is 12.7. The largest absolute Gasteiger partial charge is 0.484 e. The van der Waals surface area contributed by atoms with Crippen molar-refractivity contribution in [1.29, 1.82) is 0 Å². The third kappa shape index (κ3) is 42.3. The van der Waals surface area contributed by atoms with Gasteiger partial charge in [-0.15, -0.1) is 4.98 Å². The van der Waals surface area contributed by atoms with Crippen LogP contribution in [0.15, 0.2) is 24.3 Å². The Bertz CT molecular complexity index is 1760. The topological polar surface area (TPSA) is 117 Å². The zero-order chi connectivity index (χ0) is 63.8. The summed E-state index contributed by atoms with van der Waals surface area (Å²) in [6.45, 7) is 26.5. The number of rotatable bonds is 65. The molecule has 0 saturated heterocycles. The Labute approximate surface area is 546 Å². The number of nitrogens with one attached hydrogen (secondary N) is 2. The molecule has 1 aromatic heterocycles. The molecule has 1 heterocycles. The van der Waals surface area contributed by atoms with E-state index < -0.39 is 8.32 Å². The number of benzene rings is 1. The minimum atomic E-state index is -1.94. The van der Waals surface area contributed by atoms with E-state index in [4.69, 9.17) is 33.6 Å². The third-order valence-electron chi connectivity index (χ3n) is 19.1. The molecule has 10 nitrogen and oxygen atoms in total. The SMILES string of the molecule is CCCCCCCCCCCCC(CCCCCCCCCC)COc1nc(NCCCCCCCCNC(=O)COc2ccc(CO[Si](C(C)C)(C(C)C)C(C)C)cc2)nc(OCC(CCCCCCCCCC)CCCCCCCCCCCC)n1. The van der Waals surface area contributed by atoms with Crippen molar-refractivity contribution < 1.29 is 23.4 Å². The summed E-state index contributed by atoms with van der Waals surface area (Å²) in [5.74, 6) is 2.19. The van der Waals surface area contributed by atoms with Gasteiger partial charge in [-0.2, -0.15) is 9.97 Å². The molecule has 2 atom stereocenters. The average Bonchev–Trinajstić information content (AvgIpc) is 1.29. The summed E-state index contributed by atoms with van der Waals surface area (Å²) >= 11 is 0. The standard InChI is InChI=1S/C77H145N5O5Si/c1-11-15-19-23-27-31-33-37-43-49-55-70(53-47-41-35-29-25-21-17-13-3)63-85-76-80-75(81-77(82-76)86-64-71(54-48-42-36-30-26-22-18-14-4)56-50-44-38-34-32-28-24-20-16-12-2)79-62-52-46-40-39-45-51-61-78-74(83)66-84-73-59-57-72(58-60-73)65-87-88(67(5)6,68(7)8)69(9)10/h57-60,67-71H,11-56,61-66H2,1-10H3,(H,78,83)(H,79,80,81,82). The molecule has 2 unspecified atom stereocenters. The Morgan fingerprint density at radius 1 is 0.398 bits per heavy atom. The van der Waals surface area contributed by atoms with Crippen LogP contribution in [0.25, 0.3) is 0 Å².